The molecule has 0 spiro atoms. The van der Waals surface area contributed by atoms with E-state index in [9.17, 15) is 22.8 Å². The topological polar surface area (TPSA) is 60.9 Å². The molecule has 1 saturated heterocycles. The molecule has 0 bridgehead atoms. The van der Waals surface area contributed by atoms with Gasteiger partial charge >= 0.3 is 12.1 Å². The number of nitrogens with zero attached hydrogens (tertiary/aromatic N) is 2. The highest BCUT2D eigenvalue weighted by molar-refractivity contribution is 5.79. The van der Waals surface area contributed by atoms with E-state index in [0.29, 0.717) is 25.9 Å². The van der Waals surface area contributed by atoms with E-state index in [1.807, 2.05) is 0 Å². The van der Waals surface area contributed by atoms with E-state index in [2.05, 4.69) is 0 Å². The van der Waals surface area contributed by atoms with Crippen molar-refractivity contribution >= 4 is 11.9 Å². The van der Waals surface area contributed by atoms with Gasteiger partial charge in [0.2, 0.25) is 5.91 Å². The lowest BCUT2D eigenvalue weighted by Crippen LogP contribution is -2.46. The first-order valence-corrected chi connectivity index (χ1v) is 6.52. The summed E-state index contributed by atoms with van der Waals surface area (Å²) in [6, 6.07) is 0. The number of likely N-dealkylation sites (tertiary alicyclic amines) is 1. The van der Waals surface area contributed by atoms with E-state index in [1.54, 1.807) is 6.92 Å². The summed E-state index contributed by atoms with van der Waals surface area (Å²) < 4.78 is 36.9. The third kappa shape index (κ3) is 5.36. The molecule has 116 valence electrons. The standard InChI is InChI=1S/C12H19F3N2O3/c1-2-16(8-12(13,14)15)7-10(18)17-5-3-9(4-6-17)11(19)20/h9H,2-8H2,1H3,(H,19,20). The predicted octanol–water partition coefficient (Wildman–Crippen LogP) is 1.19. The lowest BCUT2D eigenvalue weighted by Gasteiger charge is -2.32. The molecular weight excluding hydrogens is 277 g/mol. The first kappa shape index (κ1) is 16.7. The van der Waals surface area contributed by atoms with Gasteiger partial charge < -0.3 is 10.0 Å². The maximum absolute atomic E-state index is 12.3. The molecule has 5 nitrogen and oxygen atoms in total. The number of piperidine rings is 1. The second-order valence-corrected chi connectivity index (χ2v) is 4.91. The summed E-state index contributed by atoms with van der Waals surface area (Å²) in [6.07, 6.45) is -3.62. The minimum atomic E-state index is -4.33. The Labute approximate surface area is 115 Å². The van der Waals surface area contributed by atoms with Crippen molar-refractivity contribution in [3.05, 3.63) is 0 Å². The van der Waals surface area contributed by atoms with Gasteiger partial charge in [0, 0.05) is 13.1 Å². The predicted molar refractivity (Wildman–Crippen MR) is 65.1 cm³/mol. The van der Waals surface area contributed by atoms with E-state index in [4.69, 9.17) is 5.11 Å². The quantitative estimate of drug-likeness (QED) is 0.828. The monoisotopic (exact) mass is 296 g/mol. The van der Waals surface area contributed by atoms with E-state index >= 15 is 0 Å². The van der Waals surface area contributed by atoms with Crippen LogP contribution in [0.25, 0.3) is 0 Å². The number of carboxylic acid groups (broad SMARTS) is 1. The lowest BCUT2D eigenvalue weighted by molar-refractivity contribution is -0.153. The van der Waals surface area contributed by atoms with Crippen molar-refractivity contribution in [3.8, 4) is 0 Å². The van der Waals surface area contributed by atoms with Gasteiger partial charge in [-0.3, -0.25) is 14.5 Å². The van der Waals surface area contributed by atoms with Gasteiger partial charge in [0.15, 0.2) is 0 Å². The Morgan fingerprint density at radius 1 is 1.30 bits per heavy atom. The fourth-order valence-electron chi connectivity index (χ4n) is 2.20. The van der Waals surface area contributed by atoms with Crippen molar-refractivity contribution in [2.75, 3.05) is 32.7 Å². The lowest BCUT2D eigenvalue weighted by atomic mass is 9.97. The molecule has 0 aromatic carbocycles. The van der Waals surface area contributed by atoms with Crippen LogP contribution in [0.2, 0.25) is 0 Å². The number of amides is 1. The molecule has 0 unspecified atom stereocenters. The highest BCUT2D eigenvalue weighted by Gasteiger charge is 2.32. The van der Waals surface area contributed by atoms with Gasteiger partial charge in [-0.2, -0.15) is 13.2 Å². The van der Waals surface area contributed by atoms with Gasteiger partial charge in [-0.15, -0.1) is 0 Å². The first-order chi connectivity index (χ1) is 9.23. The third-order valence-corrected chi connectivity index (χ3v) is 3.41. The summed E-state index contributed by atoms with van der Waals surface area (Å²) >= 11 is 0. The molecule has 0 aliphatic carbocycles. The second kappa shape index (κ2) is 6.92. The highest BCUT2D eigenvalue weighted by Crippen LogP contribution is 2.19. The molecule has 1 amide bonds. The average Bonchev–Trinajstić information content (AvgIpc) is 2.36. The van der Waals surface area contributed by atoms with Crippen molar-refractivity contribution in [2.24, 2.45) is 5.92 Å². The zero-order chi connectivity index (χ0) is 15.3. The van der Waals surface area contributed by atoms with Crippen LogP contribution in [0.4, 0.5) is 13.2 Å². The minimum absolute atomic E-state index is 0.136. The van der Waals surface area contributed by atoms with E-state index in [-0.39, 0.29) is 19.0 Å². The summed E-state index contributed by atoms with van der Waals surface area (Å²) in [5.41, 5.74) is 0. The molecule has 20 heavy (non-hydrogen) atoms. The Bertz CT molecular complexity index is 352. The van der Waals surface area contributed by atoms with Crippen LogP contribution in [0.3, 0.4) is 0 Å². The Hall–Kier alpha value is -1.31. The van der Waals surface area contributed by atoms with E-state index in [1.165, 1.54) is 4.90 Å². The third-order valence-electron chi connectivity index (χ3n) is 3.41. The summed E-state index contributed by atoms with van der Waals surface area (Å²) in [5.74, 6) is -1.72. The van der Waals surface area contributed by atoms with Crippen LogP contribution in [0.15, 0.2) is 0 Å². The normalized spacial score (nSPS) is 17.6. The van der Waals surface area contributed by atoms with Crippen LogP contribution >= 0.6 is 0 Å². The number of carbonyl (C=O) groups is 2. The molecule has 0 radical (unpaired) electrons. The van der Waals surface area contributed by atoms with Crippen LogP contribution in [-0.4, -0.2) is 65.7 Å². The van der Waals surface area contributed by atoms with Gasteiger partial charge in [-0.25, -0.2) is 0 Å². The Kier molecular flexibility index (Phi) is 5.79. The number of rotatable bonds is 5. The maximum Gasteiger partial charge on any atom is 0.401 e. The number of likely N-dealkylation sites (N-methyl/N-ethyl adjacent to an activating group) is 1. The molecule has 1 fully saturated rings. The molecule has 0 atom stereocenters. The zero-order valence-electron chi connectivity index (χ0n) is 11.3. The molecule has 1 heterocycles. The Balaban J connectivity index is 2.44. The molecule has 1 N–H and O–H groups in total. The van der Waals surface area contributed by atoms with Crippen LogP contribution < -0.4 is 0 Å². The van der Waals surface area contributed by atoms with E-state index in [0.717, 1.165) is 4.90 Å². The molecule has 0 saturated carbocycles. The fourth-order valence-corrected chi connectivity index (χ4v) is 2.20. The van der Waals surface area contributed by atoms with Crippen LogP contribution in [-0.2, 0) is 9.59 Å². The first-order valence-electron chi connectivity index (χ1n) is 6.52. The molecule has 1 aliphatic rings. The summed E-state index contributed by atoms with van der Waals surface area (Å²) in [7, 11) is 0. The molecule has 8 heteroatoms. The van der Waals surface area contributed by atoms with E-state index < -0.39 is 24.6 Å². The number of halogens is 3. The van der Waals surface area contributed by atoms with Gasteiger partial charge in [0.25, 0.3) is 0 Å². The summed E-state index contributed by atoms with van der Waals surface area (Å²) in [5, 5.41) is 8.84. The average molecular weight is 296 g/mol. The van der Waals surface area contributed by atoms with Crippen molar-refractivity contribution in [1.82, 2.24) is 9.80 Å². The molecule has 1 aliphatic heterocycles. The van der Waals surface area contributed by atoms with Crippen molar-refractivity contribution in [2.45, 2.75) is 25.9 Å². The molecule has 0 aromatic heterocycles. The molecule has 1 rings (SSSR count). The fraction of sp³-hybridized carbons (Fsp3) is 0.833. The number of carbonyl (C=O) groups excluding carboxylic acids is 1. The van der Waals surface area contributed by atoms with Gasteiger partial charge in [-0.1, -0.05) is 6.92 Å². The number of hydrogen-bond donors (Lipinski definition) is 1. The number of aliphatic carboxylic acids is 1. The van der Waals surface area contributed by atoms with Crippen LogP contribution in [0.1, 0.15) is 19.8 Å². The maximum atomic E-state index is 12.3. The second-order valence-electron chi connectivity index (χ2n) is 4.91. The largest absolute Gasteiger partial charge is 0.481 e. The SMILES string of the molecule is CCN(CC(=O)N1CCC(C(=O)O)CC1)CC(F)(F)F. The number of hydrogen-bond acceptors (Lipinski definition) is 3. The minimum Gasteiger partial charge on any atom is -0.481 e. The summed E-state index contributed by atoms with van der Waals surface area (Å²) in [6.45, 7) is 0.889. The van der Waals surface area contributed by atoms with Gasteiger partial charge in [-0.05, 0) is 19.4 Å². The Morgan fingerprint density at radius 3 is 2.25 bits per heavy atom. The smallest absolute Gasteiger partial charge is 0.401 e. The summed E-state index contributed by atoms with van der Waals surface area (Å²) in [4.78, 5) is 25.2. The van der Waals surface area contributed by atoms with Crippen molar-refractivity contribution in [3.63, 3.8) is 0 Å². The molecular formula is C12H19F3N2O3. The molecule has 0 aromatic rings. The van der Waals surface area contributed by atoms with Crippen LogP contribution in [0.5, 0.6) is 0 Å². The highest BCUT2D eigenvalue weighted by atomic mass is 19.4. The zero-order valence-corrected chi connectivity index (χ0v) is 11.3. The Morgan fingerprint density at radius 2 is 1.85 bits per heavy atom. The van der Waals surface area contributed by atoms with Gasteiger partial charge in [0.1, 0.15) is 0 Å². The number of alkyl halides is 3. The van der Waals surface area contributed by atoms with Crippen molar-refractivity contribution < 1.29 is 27.9 Å². The number of carboxylic acids is 1. The van der Waals surface area contributed by atoms with Crippen LogP contribution in [0, 0.1) is 5.92 Å². The van der Waals surface area contributed by atoms with Crippen molar-refractivity contribution in [1.29, 1.82) is 0 Å². The van der Waals surface area contributed by atoms with Gasteiger partial charge in [0.05, 0.1) is 19.0 Å².